The first-order chi connectivity index (χ1) is 17.6. The van der Waals surface area contributed by atoms with Gasteiger partial charge in [-0.2, -0.15) is 0 Å². The molecule has 2 aromatic heterocycles. The number of nitrogens with one attached hydrogen (secondary N) is 2. The largest absolute Gasteiger partial charge is 0.491 e. The number of nitrogens with zero attached hydrogens (tertiary/aromatic N) is 1. The third-order valence-electron chi connectivity index (χ3n) is 5.88. The summed E-state index contributed by atoms with van der Waals surface area (Å²) < 4.78 is 46.2. The van der Waals surface area contributed by atoms with Crippen molar-refractivity contribution in [3.63, 3.8) is 0 Å². The predicted molar refractivity (Wildman–Crippen MR) is 142 cm³/mol. The molecule has 2 heterocycles. The lowest BCUT2D eigenvalue weighted by atomic mass is 9.99. The Kier molecular flexibility index (Phi) is 8.33. The molecule has 0 saturated carbocycles. The predicted octanol–water partition coefficient (Wildman–Crippen LogP) is 3.95. The fourth-order valence-electron chi connectivity index (χ4n) is 4.09. The van der Waals surface area contributed by atoms with Crippen LogP contribution in [0.15, 0.2) is 53.6 Å². The summed E-state index contributed by atoms with van der Waals surface area (Å²) in [5.41, 5.74) is 4.15. The lowest BCUT2D eigenvalue weighted by molar-refractivity contribution is 0.197. The highest BCUT2D eigenvalue weighted by molar-refractivity contribution is 7.91. The summed E-state index contributed by atoms with van der Waals surface area (Å²) in [5, 5.41) is 4.87. The highest BCUT2D eigenvalue weighted by Crippen LogP contribution is 2.39. The van der Waals surface area contributed by atoms with Crippen molar-refractivity contribution in [2.75, 3.05) is 32.1 Å². The smallest absolute Gasteiger partial charge is 0.469 e. The van der Waals surface area contributed by atoms with E-state index in [0.29, 0.717) is 37.5 Å². The van der Waals surface area contributed by atoms with E-state index in [2.05, 4.69) is 19.8 Å². The van der Waals surface area contributed by atoms with Crippen molar-refractivity contribution in [3.8, 4) is 16.9 Å². The Morgan fingerprint density at radius 3 is 2.68 bits per heavy atom. The van der Waals surface area contributed by atoms with E-state index in [1.165, 1.54) is 0 Å². The van der Waals surface area contributed by atoms with Crippen LogP contribution in [0.4, 0.5) is 0 Å². The second-order valence-corrected chi connectivity index (χ2v) is 12.1. The Balaban J connectivity index is 1.59. The quantitative estimate of drug-likeness (QED) is 0.153. The second kappa shape index (κ2) is 11.3. The van der Waals surface area contributed by atoms with Gasteiger partial charge in [-0.05, 0) is 66.9 Å². The number of ether oxygens (including phenoxy) is 1. The zero-order valence-corrected chi connectivity index (χ0v) is 22.3. The first kappa shape index (κ1) is 27.3. The Morgan fingerprint density at radius 1 is 1.11 bits per heavy atom. The SMILES string of the molecule is CCS(=O)(=O)c1cccc(-c2ccc(OCCCNCCOP(=O)(O)O)c3[nH]c4ncc(C)cc4c23)c1. The van der Waals surface area contributed by atoms with E-state index in [-0.39, 0.29) is 17.3 Å². The second-order valence-electron chi connectivity index (χ2n) is 8.60. The van der Waals surface area contributed by atoms with Crippen molar-refractivity contribution in [1.82, 2.24) is 15.3 Å². The summed E-state index contributed by atoms with van der Waals surface area (Å²) in [7, 11) is -7.80. The number of phosphoric ester groups is 1. The number of rotatable bonds is 12. The van der Waals surface area contributed by atoms with E-state index in [9.17, 15) is 13.0 Å². The van der Waals surface area contributed by atoms with Crippen LogP contribution in [-0.2, 0) is 18.9 Å². The number of hydrogen-bond donors (Lipinski definition) is 4. The topological polar surface area (TPSA) is 151 Å². The van der Waals surface area contributed by atoms with Crippen molar-refractivity contribution in [2.24, 2.45) is 0 Å². The summed E-state index contributed by atoms with van der Waals surface area (Å²) in [4.78, 5) is 25.6. The Bertz CT molecular complexity index is 1560. The number of sulfone groups is 1. The zero-order chi connectivity index (χ0) is 26.6. The lowest BCUT2D eigenvalue weighted by Crippen LogP contribution is -2.21. The fraction of sp³-hybridized carbons (Fsp3) is 0.320. The normalized spacial score (nSPS) is 12.4. The van der Waals surface area contributed by atoms with Crippen LogP contribution < -0.4 is 10.1 Å². The van der Waals surface area contributed by atoms with Gasteiger partial charge in [-0.3, -0.25) is 4.52 Å². The van der Waals surface area contributed by atoms with E-state index < -0.39 is 17.7 Å². The molecule has 10 nitrogen and oxygen atoms in total. The molecule has 0 aliphatic heterocycles. The van der Waals surface area contributed by atoms with Gasteiger partial charge >= 0.3 is 7.82 Å². The monoisotopic (exact) mass is 547 g/mol. The van der Waals surface area contributed by atoms with Gasteiger partial charge in [0.15, 0.2) is 9.84 Å². The molecule has 4 rings (SSSR count). The number of aryl methyl sites for hydroxylation is 1. The number of H-pyrrole nitrogens is 1. The molecule has 0 saturated heterocycles. The van der Waals surface area contributed by atoms with E-state index in [0.717, 1.165) is 33.0 Å². The van der Waals surface area contributed by atoms with Crippen molar-refractivity contribution in [2.45, 2.75) is 25.2 Å². The third kappa shape index (κ3) is 6.56. The summed E-state index contributed by atoms with van der Waals surface area (Å²) in [6.45, 7) is 4.81. The molecule has 0 radical (unpaired) electrons. The number of hydrogen-bond acceptors (Lipinski definition) is 7. The number of phosphoric acid groups is 1. The van der Waals surface area contributed by atoms with Gasteiger partial charge in [0.25, 0.3) is 0 Å². The van der Waals surface area contributed by atoms with Crippen LogP contribution in [0, 0.1) is 6.92 Å². The van der Waals surface area contributed by atoms with Gasteiger partial charge in [0.1, 0.15) is 11.4 Å². The van der Waals surface area contributed by atoms with Crippen molar-refractivity contribution < 1.29 is 32.0 Å². The van der Waals surface area contributed by atoms with Crippen LogP contribution >= 0.6 is 7.82 Å². The van der Waals surface area contributed by atoms with E-state index in [4.69, 9.17) is 14.5 Å². The lowest BCUT2D eigenvalue weighted by Gasteiger charge is -2.12. The minimum absolute atomic E-state index is 0.0282. The summed E-state index contributed by atoms with van der Waals surface area (Å²) in [6, 6.07) is 12.8. The maximum Gasteiger partial charge on any atom is 0.469 e. The average molecular weight is 548 g/mol. The maximum atomic E-state index is 12.5. The molecule has 0 unspecified atom stereocenters. The van der Waals surface area contributed by atoms with Gasteiger partial charge < -0.3 is 24.8 Å². The van der Waals surface area contributed by atoms with Crippen molar-refractivity contribution >= 4 is 39.6 Å². The summed E-state index contributed by atoms with van der Waals surface area (Å²) >= 11 is 0. The van der Waals surface area contributed by atoms with Crippen LogP contribution in [0.5, 0.6) is 5.75 Å². The van der Waals surface area contributed by atoms with E-state index in [1.807, 2.05) is 31.2 Å². The highest BCUT2D eigenvalue weighted by Gasteiger charge is 2.18. The first-order valence-corrected chi connectivity index (χ1v) is 15.0. The minimum Gasteiger partial charge on any atom is -0.491 e. The Labute approximate surface area is 215 Å². The maximum absolute atomic E-state index is 12.5. The molecule has 0 aliphatic rings. The highest BCUT2D eigenvalue weighted by atomic mass is 32.2. The summed E-state index contributed by atoms with van der Waals surface area (Å²) in [6.07, 6.45) is 2.45. The molecule has 2 aromatic carbocycles. The fourth-order valence-corrected chi connectivity index (χ4v) is 5.35. The molecule has 0 spiro atoms. The van der Waals surface area contributed by atoms with Crippen molar-refractivity contribution in [3.05, 3.63) is 54.2 Å². The van der Waals surface area contributed by atoms with Crippen LogP contribution in [0.25, 0.3) is 33.1 Å². The molecule has 0 amide bonds. The first-order valence-electron chi connectivity index (χ1n) is 11.9. The van der Waals surface area contributed by atoms with Gasteiger partial charge in [0.2, 0.25) is 0 Å². The standard InChI is InChI=1S/C25H30N3O7PS/c1-3-37(32,33)19-7-4-6-18(15-19)20-8-9-22(34-12-5-10-26-11-13-35-36(29,30)31)24-23(20)21-14-17(2)16-27-25(21)28-24/h4,6-9,14-16,26H,3,5,10-13H2,1-2H3,(H,27,28)(H2,29,30,31). The Morgan fingerprint density at radius 2 is 1.92 bits per heavy atom. The van der Waals surface area contributed by atoms with Crippen LogP contribution in [-0.4, -0.2) is 60.2 Å². The molecule has 12 heteroatoms. The molecule has 0 atom stereocenters. The number of benzene rings is 2. The summed E-state index contributed by atoms with van der Waals surface area (Å²) in [5.74, 6) is 0.678. The third-order valence-corrected chi connectivity index (χ3v) is 8.13. The average Bonchev–Trinajstić information content (AvgIpc) is 3.24. The van der Waals surface area contributed by atoms with Crippen LogP contribution in [0.3, 0.4) is 0 Å². The van der Waals surface area contributed by atoms with Gasteiger partial charge in [-0.25, -0.2) is 18.0 Å². The molecule has 0 fully saturated rings. The molecular formula is C25H30N3O7PS. The van der Waals surface area contributed by atoms with Gasteiger partial charge in [-0.15, -0.1) is 0 Å². The molecule has 4 N–H and O–H groups in total. The molecule has 4 aromatic rings. The van der Waals surface area contributed by atoms with Crippen LogP contribution in [0.2, 0.25) is 0 Å². The zero-order valence-electron chi connectivity index (χ0n) is 20.6. The molecule has 0 bridgehead atoms. The van der Waals surface area contributed by atoms with E-state index >= 15 is 0 Å². The molecule has 37 heavy (non-hydrogen) atoms. The van der Waals surface area contributed by atoms with Crippen molar-refractivity contribution in [1.29, 1.82) is 0 Å². The van der Waals surface area contributed by atoms with Gasteiger partial charge in [0.05, 0.1) is 29.4 Å². The number of aromatic amines is 1. The van der Waals surface area contributed by atoms with Gasteiger partial charge in [-0.1, -0.05) is 19.1 Å². The molecule has 0 aliphatic carbocycles. The number of fused-ring (bicyclic) bond motifs is 3. The molecule has 198 valence electrons. The Hall–Kier alpha value is -2.79. The number of aromatic nitrogens is 2. The number of pyridine rings is 1. The van der Waals surface area contributed by atoms with Gasteiger partial charge in [0, 0.05) is 23.5 Å². The molecular weight excluding hydrogens is 517 g/mol. The van der Waals surface area contributed by atoms with Crippen LogP contribution in [0.1, 0.15) is 18.9 Å². The minimum atomic E-state index is -4.45. The van der Waals surface area contributed by atoms with E-state index in [1.54, 1.807) is 31.3 Å².